The van der Waals surface area contributed by atoms with Gasteiger partial charge >= 0.3 is 0 Å². The average molecular weight is 211 g/mol. The molecule has 0 bridgehead atoms. The van der Waals surface area contributed by atoms with Gasteiger partial charge in [-0.2, -0.15) is 0 Å². The first-order valence-corrected chi connectivity index (χ1v) is 6.03. The molecule has 1 aliphatic heterocycles. The highest BCUT2D eigenvalue weighted by Crippen LogP contribution is 2.07. The molecule has 15 heavy (non-hydrogen) atoms. The number of rotatable bonds is 4. The first-order chi connectivity index (χ1) is 7.15. The maximum atomic E-state index is 3.60. The molecule has 3 heteroatoms. The maximum absolute atomic E-state index is 3.60. The van der Waals surface area contributed by atoms with Crippen LogP contribution in [0.1, 0.15) is 27.7 Å². The lowest BCUT2D eigenvalue weighted by molar-refractivity contribution is 0.265. The number of piperazine rings is 1. The molecule has 0 aromatic rings. The molecule has 0 saturated carbocycles. The number of hydrogen-bond acceptors (Lipinski definition) is 3. The second kappa shape index (κ2) is 6.01. The van der Waals surface area contributed by atoms with Crippen molar-refractivity contribution in [3.63, 3.8) is 0 Å². The summed E-state index contributed by atoms with van der Waals surface area (Å²) in [6.07, 6.45) is 2.18. The van der Waals surface area contributed by atoms with E-state index in [0.717, 1.165) is 26.2 Å². The van der Waals surface area contributed by atoms with Gasteiger partial charge in [0.25, 0.3) is 0 Å². The summed E-state index contributed by atoms with van der Waals surface area (Å²) in [5.41, 5.74) is 0. The monoisotopic (exact) mass is 211 g/mol. The van der Waals surface area contributed by atoms with Crippen LogP contribution in [0.3, 0.4) is 0 Å². The number of allylic oxidation sites excluding steroid dienone is 1. The molecule has 0 unspecified atom stereocenters. The number of nitrogens with one attached hydrogen (secondary N) is 2. The van der Waals surface area contributed by atoms with E-state index in [-0.39, 0.29) is 0 Å². The zero-order chi connectivity index (χ0) is 11.3. The predicted molar refractivity (Wildman–Crippen MR) is 65.6 cm³/mol. The number of nitrogens with zero attached hydrogens (tertiary/aromatic N) is 1. The lowest BCUT2D eigenvalue weighted by atomic mass is 10.1. The molecule has 88 valence electrons. The summed E-state index contributed by atoms with van der Waals surface area (Å²) in [7, 11) is 0. The Morgan fingerprint density at radius 3 is 2.33 bits per heavy atom. The highest BCUT2D eigenvalue weighted by atomic mass is 15.3. The zero-order valence-corrected chi connectivity index (χ0v) is 10.5. The van der Waals surface area contributed by atoms with Crippen molar-refractivity contribution >= 4 is 0 Å². The molecule has 0 spiro atoms. The second-order valence-electron chi connectivity index (χ2n) is 4.59. The van der Waals surface area contributed by atoms with Crippen LogP contribution in [0.15, 0.2) is 11.9 Å². The van der Waals surface area contributed by atoms with Gasteiger partial charge in [-0.1, -0.05) is 13.8 Å². The molecule has 1 aliphatic rings. The van der Waals surface area contributed by atoms with Gasteiger partial charge in [0.2, 0.25) is 0 Å². The molecule has 1 fully saturated rings. The van der Waals surface area contributed by atoms with Crippen molar-refractivity contribution in [3.8, 4) is 0 Å². The average Bonchev–Trinajstić information content (AvgIpc) is 2.26. The summed E-state index contributed by atoms with van der Waals surface area (Å²) in [5, 5.41) is 6.97. The van der Waals surface area contributed by atoms with Crippen molar-refractivity contribution in [1.82, 2.24) is 15.5 Å². The van der Waals surface area contributed by atoms with E-state index < -0.39 is 0 Å². The van der Waals surface area contributed by atoms with Gasteiger partial charge in [0, 0.05) is 32.2 Å². The van der Waals surface area contributed by atoms with E-state index >= 15 is 0 Å². The molecule has 0 aliphatic carbocycles. The molecule has 0 aromatic carbocycles. The van der Waals surface area contributed by atoms with Gasteiger partial charge in [-0.25, -0.2) is 0 Å². The molecule has 3 nitrogen and oxygen atoms in total. The van der Waals surface area contributed by atoms with Crippen molar-refractivity contribution in [2.24, 2.45) is 5.92 Å². The summed E-state index contributed by atoms with van der Waals surface area (Å²) >= 11 is 0. The van der Waals surface area contributed by atoms with E-state index in [1.54, 1.807) is 0 Å². The van der Waals surface area contributed by atoms with Crippen LogP contribution in [0.5, 0.6) is 0 Å². The molecule has 1 saturated heterocycles. The largest absolute Gasteiger partial charge is 0.369 e. The van der Waals surface area contributed by atoms with Crippen molar-refractivity contribution in [2.75, 3.05) is 26.2 Å². The first-order valence-electron chi connectivity index (χ1n) is 6.03. The van der Waals surface area contributed by atoms with Gasteiger partial charge in [0.05, 0.1) is 5.82 Å². The van der Waals surface area contributed by atoms with E-state index in [9.17, 15) is 0 Å². The summed E-state index contributed by atoms with van der Waals surface area (Å²) in [4.78, 5) is 2.43. The standard InChI is InChI=1S/C12H25N3/c1-5-12(14-11(4)10(2)3)15-8-6-13-7-9-15/h5,10-11,13-14H,6-9H2,1-4H3/b12-5+/t11-/m1/s1. The summed E-state index contributed by atoms with van der Waals surface area (Å²) in [5.74, 6) is 1.96. The molecule has 2 N–H and O–H groups in total. The van der Waals surface area contributed by atoms with Crippen LogP contribution < -0.4 is 10.6 Å². The molecular formula is C12H25N3. The summed E-state index contributed by atoms with van der Waals surface area (Å²) in [6, 6.07) is 0.533. The SMILES string of the molecule is C/C=C(\N[C@H](C)C(C)C)N1CCNCC1. The zero-order valence-electron chi connectivity index (χ0n) is 10.5. The van der Waals surface area contributed by atoms with Gasteiger partial charge in [0.1, 0.15) is 0 Å². The minimum Gasteiger partial charge on any atom is -0.369 e. The Hall–Kier alpha value is -0.700. The Kier molecular flexibility index (Phi) is 4.95. The third-order valence-corrected chi connectivity index (χ3v) is 3.11. The quantitative estimate of drug-likeness (QED) is 0.736. The normalized spacial score (nSPS) is 20.6. The van der Waals surface area contributed by atoms with E-state index in [4.69, 9.17) is 0 Å². The van der Waals surface area contributed by atoms with Crippen molar-refractivity contribution in [2.45, 2.75) is 33.7 Å². The minimum absolute atomic E-state index is 0.533. The third kappa shape index (κ3) is 3.74. The minimum atomic E-state index is 0.533. The van der Waals surface area contributed by atoms with Crippen molar-refractivity contribution in [1.29, 1.82) is 0 Å². The van der Waals surface area contributed by atoms with Crippen molar-refractivity contribution in [3.05, 3.63) is 11.9 Å². The second-order valence-corrected chi connectivity index (χ2v) is 4.59. The molecule has 1 rings (SSSR count). The molecule has 1 atom stereocenters. The highest BCUT2D eigenvalue weighted by molar-refractivity contribution is 5.00. The van der Waals surface area contributed by atoms with Gasteiger partial charge in [-0.3, -0.25) is 0 Å². The number of hydrogen-bond donors (Lipinski definition) is 2. The van der Waals surface area contributed by atoms with Gasteiger partial charge in [0.15, 0.2) is 0 Å². The Bertz CT molecular complexity index is 205. The Labute approximate surface area is 93.9 Å². The first kappa shape index (κ1) is 12.4. The third-order valence-electron chi connectivity index (χ3n) is 3.11. The van der Waals surface area contributed by atoms with Crippen LogP contribution in [0, 0.1) is 5.92 Å². The Balaban J connectivity index is 2.48. The Morgan fingerprint density at radius 2 is 1.87 bits per heavy atom. The van der Waals surface area contributed by atoms with Crippen molar-refractivity contribution < 1.29 is 0 Å². The van der Waals surface area contributed by atoms with Crippen LogP contribution in [-0.4, -0.2) is 37.1 Å². The van der Waals surface area contributed by atoms with E-state index in [0.29, 0.717) is 12.0 Å². The van der Waals surface area contributed by atoms with Crippen LogP contribution in [0.4, 0.5) is 0 Å². The maximum Gasteiger partial charge on any atom is 0.0971 e. The van der Waals surface area contributed by atoms with Crippen LogP contribution in [0.25, 0.3) is 0 Å². The smallest absolute Gasteiger partial charge is 0.0971 e. The fraction of sp³-hybridized carbons (Fsp3) is 0.833. The van der Waals surface area contributed by atoms with E-state index in [1.165, 1.54) is 5.82 Å². The van der Waals surface area contributed by atoms with E-state index in [2.05, 4.69) is 49.3 Å². The van der Waals surface area contributed by atoms with Gasteiger partial charge < -0.3 is 15.5 Å². The van der Waals surface area contributed by atoms with Gasteiger partial charge in [-0.05, 0) is 25.8 Å². The van der Waals surface area contributed by atoms with Crippen LogP contribution in [-0.2, 0) is 0 Å². The lowest BCUT2D eigenvalue weighted by Crippen LogP contribution is -2.47. The molecule has 1 heterocycles. The molecule has 0 radical (unpaired) electrons. The van der Waals surface area contributed by atoms with E-state index in [1.807, 2.05) is 0 Å². The van der Waals surface area contributed by atoms with Crippen LogP contribution in [0.2, 0.25) is 0 Å². The summed E-state index contributed by atoms with van der Waals surface area (Å²) in [6.45, 7) is 13.3. The van der Waals surface area contributed by atoms with Crippen LogP contribution >= 0.6 is 0 Å². The Morgan fingerprint density at radius 1 is 1.27 bits per heavy atom. The fourth-order valence-corrected chi connectivity index (χ4v) is 1.66. The highest BCUT2D eigenvalue weighted by Gasteiger charge is 2.15. The topological polar surface area (TPSA) is 27.3 Å². The summed E-state index contributed by atoms with van der Waals surface area (Å²) < 4.78 is 0. The molecular weight excluding hydrogens is 186 g/mol. The molecule has 0 aromatic heterocycles. The fourth-order valence-electron chi connectivity index (χ4n) is 1.66. The molecule has 0 amide bonds. The predicted octanol–water partition coefficient (Wildman–Crippen LogP) is 1.39. The van der Waals surface area contributed by atoms with Gasteiger partial charge in [-0.15, -0.1) is 0 Å². The lowest BCUT2D eigenvalue weighted by Gasteiger charge is -2.34.